The van der Waals surface area contributed by atoms with Crippen molar-refractivity contribution in [3.63, 3.8) is 0 Å². The SMILES string of the molecule is CCS.O. The maximum Gasteiger partial charge on any atom is -0.0126 e. The highest BCUT2D eigenvalue weighted by Gasteiger charge is 1.35. The Balaban J connectivity index is 0. The number of hydrogen-bond acceptors (Lipinski definition) is 1. The van der Waals surface area contributed by atoms with Crippen molar-refractivity contribution in [1.82, 2.24) is 0 Å². The minimum Gasteiger partial charge on any atom is -0.412 e. The minimum absolute atomic E-state index is 0. The first-order valence-corrected chi connectivity index (χ1v) is 1.66. The Morgan fingerprint density at radius 2 is 1.75 bits per heavy atom. The highest BCUT2D eigenvalue weighted by atomic mass is 32.1. The third-order valence-corrected chi connectivity index (χ3v) is 0. The van der Waals surface area contributed by atoms with E-state index in [9.17, 15) is 0 Å². The zero-order valence-electron chi connectivity index (χ0n) is 2.65. The third-order valence-electron chi connectivity index (χ3n) is 0. The molecule has 0 aromatic rings. The fourth-order valence-electron chi connectivity index (χ4n) is 0. The Morgan fingerprint density at radius 1 is 1.75 bits per heavy atom. The van der Waals surface area contributed by atoms with E-state index < -0.39 is 0 Å². The summed E-state index contributed by atoms with van der Waals surface area (Å²) in [5, 5.41) is 0. The van der Waals surface area contributed by atoms with Gasteiger partial charge in [0.15, 0.2) is 0 Å². The van der Waals surface area contributed by atoms with Gasteiger partial charge in [-0.2, -0.15) is 12.6 Å². The summed E-state index contributed by atoms with van der Waals surface area (Å²) in [4.78, 5) is 0. The van der Waals surface area contributed by atoms with Crippen molar-refractivity contribution in [3.8, 4) is 0 Å². The molecule has 2 heteroatoms. The maximum atomic E-state index is 3.79. The molecule has 0 amide bonds. The third kappa shape index (κ3) is 41.3. The second-order valence-electron chi connectivity index (χ2n) is 0.316. The van der Waals surface area contributed by atoms with Gasteiger partial charge in [0.25, 0.3) is 0 Å². The lowest BCUT2D eigenvalue weighted by Crippen LogP contribution is -1.36. The van der Waals surface area contributed by atoms with Gasteiger partial charge in [-0.05, 0) is 5.75 Å². The molecule has 0 bridgehead atoms. The fourth-order valence-corrected chi connectivity index (χ4v) is 0. The van der Waals surface area contributed by atoms with Crippen LogP contribution in [0.2, 0.25) is 0 Å². The van der Waals surface area contributed by atoms with Gasteiger partial charge in [0.2, 0.25) is 0 Å². The fraction of sp³-hybridized carbons (Fsp3) is 1.00. The molecule has 0 spiro atoms. The molecule has 0 aliphatic rings. The van der Waals surface area contributed by atoms with Gasteiger partial charge in [-0.3, -0.25) is 0 Å². The average molecular weight is 80.2 g/mol. The van der Waals surface area contributed by atoms with Crippen molar-refractivity contribution >= 4 is 12.6 Å². The molecule has 0 aliphatic heterocycles. The van der Waals surface area contributed by atoms with Crippen molar-refractivity contribution in [2.45, 2.75) is 6.92 Å². The summed E-state index contributed by atoms with van der Waals surface area (Å²) in [6.45, 7) is 1.99. The van der Waals surface area contributed by atoms with Crippen LogP contribution < -0.4 is 0 Å². The van der Waals surface area contributed by atoms with Crippen LogP contribution in [0.3, 0.4) is 0 Å². The van der Waals surface area contributed by atoms with Crippen molar-refractivity contribution in [2.24, 2.45) is 0 Å². The van der Waals surface area contributed by atoms with Gasteiger partial charge in [-0.1, -0.05) is 6.92 Å². The van der Waals surface area contributed by atoms with Crippen LogP contribution in [0.15, 0.2) is 0 Å². The lowest BCUT2D eigenvalue weighted by atomic mass is 11.0. The van der Waals surface area contributed by atoms with Gasteiger partial charge in [0.1, 0.15) is 0 Å². The van der Waals surface area contributed by atoms with Crippen molar-refractivity contribution < 1.29 is 5.48 Å². The van der Waals surface area contributed by atoms with Crippen LogP contribution in [0.5, 0.6) is 0 Å². The summed E-state index contributed by atoms with van der Waals surface area (Å²) in [6, 6.07) is 0. The summed E-state index contributed by atoms with van der Waals surface area (Å²) < 4.78 is 0. The topological polar surface area (TPSA) is 31.5 Å². The van der Waals surface area contributed by atoms with Gasteiger partial charge in [-0.25, -0.2) is 0 Å². The molecule has 0 radical (unpaired) electrons. The van der Waals surface area contributed by atoms with Gasteiger partial charge in [0.05, 0.1) is 0 Å². The predicted octanol–water partition coefficient (Wildman–Crippen LogP) is 0.111. The zero-order valence-corrected chi connectivity index (χ0v) is 3.55. The zero-order chi connectivity index (χ0) is 2.71. The molecule has 0 saturated heterocycles. The molecule has 0 aromatic heterocycles. The van der Waals surface area contributed by atoms with Crippen LogP contribution in [0.4, 0.5) is 0 Å². The quantitative estimate of drug-likeness (QED) is 0.400. The average Bonchev–Trinajstić information content (AvgIpc) is 0.918. The van der Waals surface area contributed by atoms with E-state index >= 15 is 0 Å². The second kappa shape index (κ2) is 10.3. The van der Waals surface area contributed by atoms with Crippen molar-refractivity contribution in [1.29, 1.82) is 0 Å². The van der Waals surface area contributed by atoms with Crippen LogP contribution in [-0.4, -0.2) is 11.2 Å². The Kier molecular flexibility index (Phi) is 22.8. The molecular formula is C2H8OS. The van der Waals surface area contributed by atoms with E-state index in [2.05, 4.69) is 12.6 Å². The molecule has 28 valence electrons. The maximum absolute atomic E-state index is 3.79. The second-order valence-corrected chi connectivity index (χ2v) is 0.949. The van der Waals surface area contributed by atoms with E-state index in [1.165, 1.54) is 0 Å². The van der Waals surface area contributed by atoms with E-state index in [0.717, 1.165) is 5.75 Å². The van der Waals surface area contributed by atoms with Crippen molar-refractivity contribution in [3.05, 3.63) is 0 Å². The summed E-state index contributed by atoms with van der Waals surface area (Å²) in [7, 11) is 0. The highest BCUT2D eigenvalue weighted by molar-refractivity contribution is 7.80. The largest absolute Gasteiger partial charge is 0.412 e. The highest BCUT2D eigenvalue weighted by Crippen LogP contribution is 1.58. The lowest BCUT2D eigenvalue weighted by Gasteiger charge is -1.48. The molecule has 0 saturated carbocycles. The summed E-state index contributed by atoms with van der Waals surface area (Å²) in [6.07, 6.45) is 0. The molecule has 2 N–H and O–H groups in total. The molecule has 0 rings (SSSR count). The van der Waals surface area contributed by atoms with E-state index in [4.69, 9.17) is 0 Å². The molecule has 0 aromatic carbocycles. The Labute approximate surface area is 31.7 Å². The molecular weight excluding hydrogens is 72.1 g/mol. The number of rotatable bonds is 0. The first-order valence-electron chi connectivity index (χ1n) is 1.02. The van der Waals surface area contributed by atoms with Crippen molar-refractivity contribution in [2.75, 3.05) is 5.75 Å². The summed E-state index contributed by atoms with van der Waals surface area (Å²) in [5.41, 5.74) is 0. The summed E-state index contributed by atoms with van der Waals surface area (Å²) >= 11 is 3.79. The molecule has 0 atom stereocenters. The molecule has 0 heterocycles. The van der Waals surface area contributed by atoms with Crippen LogP contribution in [0.1, 0.15) is 6.92 Å². The predicted molar refractivity (Wildman–Crippen MR) is 23.1 cm³/mol. The van der Waals surface area contributed by atoms with Crippen LogP contribution in [0.25, 0.3) is 0 Å². The first-order chi connectivity index (χ1) is 1.41. The number of hydrogen-bond donors (Lipinski definition) is 1. The number of thiol groups is 1. The Bertz CT molecular complexity index is 6.00. The monoisotopic (exact) mass is 80.0 g/mol. The van der Waals surface area contributed by atoms with Gasteiger partial charge in [-0.15, -0.1) is 0 Å². The van der Waals surface area contributed by atoms with Gasteiger partial charge < -0.3 is 5.48 Å². The smallest absolute Gasteiger partial charge is 0.0126 e. The van der Waals surface area contributed by atoms with E-state index in [0.29, 0.717) is 0 Å². The first kappa shape index (κ1) is 8.85. The molecule has 0 fully saturated rings. The Hall–Kier alpha value is 0.310. The van der Waals surface area contributed by atoms with Gasteiger partial charge >= 0.3 is 0 Å². The Morgan fingerprint density at radius 3 is 1.75 bits per heavy atom. The normalized spacial score (nSPS) is 4.50. The minimum atomic E-state index is 0. The van der Waals surface area contributed by atoms with Crippen LogP contribution in [-0.2, 0) is 0 Å². The molecule has 0 aliphatic carbocycles. The van der Waals surface area contributed by atoms with E-state index in [1.807, 2.05) is 6.92 Å². The van der Waals surface area contributed by atoms with Gasteiger partial charge in [0, 0.05) is 0 Å². The van der Waals surface area contributed by atoms with Crippen LogP contribution >= 0.6 is 12.6 Å². The molecule has 0 unspecified atom stereocenters. The van der Waals surface area contributed by atoms with Crippen LogP contribution in [0, 0.1) is 0 Å². The molecule has 1 nitrogen and oxygen atoms in total. The summed E-state index contributed by atoms with van der Waals surface area (Å²) in [5.74, 6) is 0.944. The van der Waals surface area contributed by atoms with E-state index in [-0.39, 0.29) is 5.48 Å². The van der Waals surface area contributed by atoms with E-state index in [1.54, 1.807) is 0 Å². The lowest BCUT2D eigenvalue weighted by molar-refractivity contribution is 0.824. The molecule has 4 heavy (non-hydrogen) atoms. The standard InChI is InChI=1S/C2H6S.H2O/c1-2-3;/h3H,2H2,1H3;1H2.